The van der Waals surface area contributed by atoms with E-state index in [1.54, 1.807) is 67.8 Å². The molecular weight excluding hydrogens is 1020 g/mol. The number of benzene rings is 2. The summed E-state index contributed by atoms with van der Waals surface area (Å²) in [5.41, 5.74) is 3.26. The van der Waals surface area contributed by atoms with E-state index >= 15 is 4.39 Å². The van der Waals surface area contributed by atoms with Gasteiger partial charge in [0.15, 0.2) is 5.78 Å². The van der Waals surface area contributed by atoms with Crippen LogP contribution in [-0.4, -0.2) is 107 Å². The standard InChI is InChI=1S/C57H70FN9O12/c1-6-32(4)54(74)59-20-14-10-13-17-46(69)60-25-48(71)61-27-50(73)65-43(21-34-15-11-9-12-16-34)55(75)62-26-49(72)63-31-78-29-35(68)22-47(70)64-41-19-18-36-33(5)40(58)24-42-51(36)52(41)37-28-67-44(53(37)66-42)23-39-38(56(67)76)30-79-45(7-2)57(39,77)8-3/h7,9,11-12,15-16,23-24,32,41,43,77H,6,8,10,13-14,17-22,25-31H2,1-5H3,(H,59,74)(H,60,69)(H,61,71)(H,62,75)(H,63,72)(H,64,70)(H,65,73)/b45-7-/t32?,41-,43-,57-/m0/s1. The van der Waals surface area contributed by atoms with Crippen molar-refractivity contribution in [1.82, 2.24) is 46.8 Å². The molecule has 0 radical (unpaired) electrons. The van der Waals surface area contributed by atoms with Crippen LogP contribution in [0.15, 0.2) is 59.1 Å². The summed E-state index contributed by atoms with van der Waals surface area (Å²) < 4.78 is 28.2. The van der Waals surface area contributed by atoms with Crippen molar-refractivity contribution in [1.29, 1.82) is 0 Å². The molecule has 0 saturated heterocycles. The van der Waals surface area contributed by atoms with Crippen LogP contribution in [0, 0.1) is 18.7 Å². The molecule has 0 spiro atoms. The van der Waals surface area contributed by atoms with Crippen molar-refractivity contribution in [2.45, 2.75) is 130 Å². The number of hydrogen-bond acceptors (Lipinski definition) is 13. The zero-order valence-corrected chi connectivity index (χ0v) is 45.3. The van der Waals surface area contributed by atoms with Gasteiger partial charge in [-0.25, -0.2) is 9.37 Å². The van der Waals surface area contributed by atoms with E-state index in [4.69, 9.17) is 14.5 Å². The van der Waals surface area contributed by atoms with Crippen molar-refractivity contribution in [3.05, 3.63) is 109 Å². The third-order valence-corrected chi connectivity index (χ3v) is 14.8. The molecule has 0 fully saturated rings. The van der Waals surface area contributed by atoms with Gasteiger partial charge >= 0.3 is 0 Å². The Bertz CT molecular complexity index is 3110. The van der Waals surface area contributed by atoms with Crippen molar-refractivity contribution in [2.75, 3.05) is 39.5 Å². The molecule has 3 aliphatic rings. The van der Waals surface area contributed by atoms with E-state index in [2.05, 4.69) is 37.2 Å². The first kappa shape index (κ1) is 58.8. The highest BCUT2D eigenvalue weighted by molar-refractivity contribution is 6.00. The van der Waals surface area contributed by atoms with Crippen molar-refractivity contribution >= 4 is 58.0 Å². The number of aliphatic hydroxyl groups is 1. The number of Topliss-reactive ketones (excluding diaryl/α,β-unsaturated/α-hetero) is 1. The fraction of sp³-hybridized carbons (Fsp3) is 0.474. The summed E-state index contributed by atoms with van der Waals surface area (Å²) >= 11 is 0. The maximum Gasteiger partial charge on any atom is 0.258 e. The third kappa shape index (κ3) is 14.1. The number of carbonyl (C=O) groups is 8. The quantitative estimate of drug-likeness (QED) is 0.0225. The second-order valence-electron chi connectivity index (χ2n) is 20.1. The summed E-state index contributed by atoms with van der Waals surface area (Å²) in [6.45, 7) is 7.24. The number of fused-ring (bicyclic) bond motifs is 5. The first-order chi connectivity index (χ1) is 37.9. The lowest BCUT2D eigenvalue weighted by Gasteiger charge is -2.36. The number of unbranched alkanes of at least 4 members (excludes halogenated alkanes) is 2. The SMILES string of the molecule is C/C=C1\OCc2c(cc3n(c2=O)Cc2c-3nc3cc(F)c(C)c4c3c2[C@@H](NC(=O)CC(=O)COCNC(=O)CNC(=O)[C@H](Cc2ccccc2)NC(=O)CNC(=O)CNC(=O)CCCCCNC(=O)C(C)CC)CC4)[C@@]1(O)CC. The Hall–Kier alpha value is -7.85. The lowest BCUT2D eigenvalue weighted by molar-refractivity contribution is -0.133. The predicted octanol–water partition coefficient (Wildman–Crippen LogP) is 2.86. The van der Waals surface area contributed by atoms with Gasteiger partial charge in [-0.15, -0.1) is 0 Å². The lowest BCUT2D eigenvalue weighted by atomic mass is 9.81. The van der Waals surface area contributed by atoms with Crippen LogP contribution in [0.2, 0.25) is 0 Å². The van der Waals surface area contributed by atoms with Gasteiger partial charge in [0, 0.05) is 47.9 Å². The van der Waals surface area contributed by atoms with Crippen LogP contribution in [0.4, 0.5) is 4.39 Å². The molecule has 4 atom stereocenters. The Morgan fingerprint density at radius 3 is 2.34 bits per heavy atom. The molecule has 0 saturated carbocycles. The van der Waals surface area contributed by atoms with E-state index < -0.39 is 91.7 Å². The predicted molar refractivity (Wildman–Crippen MR) is 288 cm³/mol. The van der Waals surface area contributed by atoms with Gasteiger partial charge in [-0.1, -0.05) is 57.5 Å². The topological polar surface area (TPSA) is 294 Å². The Morgan fingerprint density at radius 2 is 1.61 bits per heavy atom. The van der Waals surface area contributed by atoms with E-state index in [1.165, 1.54) is 6.07 Å². The second-order valence-corrected chi connectivity index (χ2v) is 20.1. The van der Waals surface area contributed by atoms with Gasteiger partial charge in [0.1, 0.15) is 43.2 Å². The first-order valence-electron chi connectivity index (χ1n) is 26.9. The number of amides is 7. The highest BCUT2D eigenvalue weighted by Crippen LogP contribution is 2.47. The number of nitrogens with zero attached hydrogens (tertiary/aromatic N) is 2. The summed E-state index contributed by atoms with van der Waals surface area (Å²) in [6, 6.07) is 10.1. The molecule has 79 heavy (non-hydrogen) atoms. The average molecular weight is 1090 g/mol. The van der Waals surface area contributed by atoms with E-state index in [0.29, 0.717) is 100 Å². The summed E-state index contributed by atoms with van der Waals surface area (Å²) in [4.78, 5) is 121. The molecule has 21 nitrogen and oxygen atoms in total. The molecule has 7 rings (SSSR count). The molecule has 422 valence electrons. The number of hydrogen-bond donors (Lipinski definition) is 8. The van der Waals surface area contributed by atoms with Gasteiger partial charge in [-0.05, 0) is 86.8 Å². The molecule has 1 unspecified atom stereocenters. The summed E-state index contributed by atoms with van der Waals surface area (Å²) in [7, 11) is 0. The van der Waals surface area contributed by atoms with Crippen molar-refractivity contribution in [3.63, 3.8) is 0 Å². The minimum Gasteiger partial charge on any atom is -0.490 e. The molecular formula is C57H70FN9O12. The van der Waals surface area contributed by atoms with E-state index in [0.717, 1.165) is 12.0 Å². The smallest absolute Gasteiger partial charge is 0.258 e. The Kier molecular flexibility index (Phi) is 19.9. The summed E-state index contributed by atoms with van der Waals surface area (Å²) in [6.07, 6.45) is 5.09. The van der Waals surface area contributed by atoms with Crippen LogP contribution in [0.25, 0.3) is 22.3 Å². The second kappa shape index (κ2) is 26.7. The number of nitrogens with one attached hydrogen (secondary N) is 7. The van der Waals surface area contributed by atoms with Crippen molar-refractivity contribution < 1.29 is 57.3 Å². The number of halogens is 1. The minimum absolute atomic E-state index is 0.0000145. The fourth-order valence-electron chi connectivity index (χ4n) is 10.2. The number of aromatic nitrogens is 2. The van der Waals surface area contributed by atoms with E-state index in [-0.39, 0.29) is 62.3 Å². The van der Waals surface area contributed by atoms with Crippen LogP contribution < -0.4 is 42.8 Å². The number of ether oxygens (including phenoxy) is 2. The van der Waals surface area contributed by atoms with Gasteiger partial charge < -0.3 is 56.4 Å². The molecule has 2 aromatic carbocycles. The van der Waals surface area contributed by atoms with E-state index in [1.807, 2.05) is 13.8 Å². The van der Waals surface area contributed by atoms with Gasteiger partial charge in [0.2, 0.25) is 41.4 Å². The minimum atomic E-state index is -1.55. The molecule has 4 heterocycles. The number of pyridine rings is 2. The molecule has 1 aliphatic carbocycles. The number of carbonyl (C=O) groups excluding carboxylic acids is 8. The molecule has 22 heteroatoms. The number of allylic oxidation sites excluding steroid dienone is 1. The fourth-order valence-corrected chi connectivity index (χ4v) is 10.2. The third-order valence-electron chi connectivity index (χ3n) is 14.8. The van der Waals surface area contributed by atoms with Gasteiger partial charge in [-0.3, -0.25) is 43.2 Å². The molecule has 2 aliphatic heterocycles. The summed E-state index contributed by atoms with van der Waals surface area (Å²) in [5, 5.41) is 30.7. The summed E-state index contributed by atoms with van der Waals surface area (Å²) in [5.74, 6) is -4.42. The largest absolute Gasteiger partial charge is 0.490 e. The first-order valence-corrected chi connectivity index (χ1v) is 26.9. The van der Waals surface area contributed by atoms with Crippen LogP contribution >= 0.6 is 0 Å². The highest BCUT2D eigenvalue weighted by atomic mass is 19.1. The highest BCUT2D eigenvalue weighted by Gasteiger charge is 2.43. The monoisotopic (exact) mass is 1090 g/mol. The normalized spacial score (nSPS) is 17.0. The Labute approximate surface area is 456 Å². The van der Waals surface area contributed by atoms with Crippen molar-refractivity contribution in [2.24, 2.45) is 5.92 Å². The number of ketones is 1. The maximum atomic E-state index is 15.4. The van der Waals surface area contributed by atoms with E-state index in [9.17, 15) is 48.3 Å². The molecule has 0 bridgehead atoms. The molecule has 4 aromatic rings. The van der Waals surface area contributed by atoms with Gasteiger partial charge in [-0.2, -0.15) is 0 Å². The number of aryl methyl sites for hydroxylation is 1. The Balaban J connectivity index is 0.865. The van der Waals surface area contributed by atoms with Crippen LogP contribution in [0.1, 0.15) is 124 Å². The number of rotatable bonds is 26. The van der Waals surface area contributed by atoms with Gasteiger partial charge in [0.25, 0.3) is 5.56 Å². The molecule has 7 amide bonds. The van der Waals surface area contributed by atoms with Gasteiger partial charge in [0.05, 0.1) is 61.1 Å². The van der Waals surface area contributed by atoms with Crippen LogP contribution in [-0.2, 0) is 79.4 Å². The lowest BCUT2D eigenvalue weighted by Crippen LogP contribution is -2.52. The van der Waals surface area contributed by atoms with Crippen LogP contribution in [0.3, 0.4) is 0 Å². The molecule has 2 aromatic heterocycles. The average Bonchev–Trinajstić information content (AvgIpc) is 3.93. The Morgan fingerprint density at radius 1 is 0.886 bits per heavy atom. The zero-order valence-electron chi connectivity index (χ0n) is 45.3. The zero-order chi connectivity index (χ0) is 57.0. The molecule has 8 N–H and O–H groups in total. The maximum absolute atomic E-state index is 15.4. The van der Waals surface area contributed by atoms with Crippen LogP contribution in [0.5, 0.6) is 0 Å². The van der Waals surface area contributed by atoms with Crippen molar-refractivity contribution in [3.8, 4) is 11.4 Å².